The van der Waals surface area contributed by atoms with E-state index in [4.69, 9.17) is 5.73 Å². The maximum Gasteiger partial charge on any atom is 0.230 e. The van der Waals surface area contributed by atoms with Crippen LogP contribution in [0.1, 0.15) is 24.8 Å². The molecule has 90 valence electrons. The number of rotatable bonds is 1. The lowest BCUT2D eigenvalue weighted by Gasteiger charge is -2.37. The number of carbonyl (C=O) groups excluding carboxylic acids is 1. The summed E-state index contributed by atoms with van der Waals surface area (Å²) in [7, 11) is 0. The van der Waals surface area contributed by atoms with Crippen LogP contribution in [0, 0.1) is 5.92 Å². The van der Waals surface area contributed by atoms with Crippen molar-refractivity contribution in [1.82, 2.24) is 0 Å². The summed E-state index contributed by atoms with van der Waals surface area (Å²) in [5, 5.41) is 0. The summed E-state index contributed by atoms with van der Waals surface area (Å²) in [5.41, 5.74) is 8.18. The Morgan fingerprint density at radius 1 is 1.29 bits per heavy atom. The van der Waals surface area contributed by atoms with Crippen molar-refractivity contribution in [2.75, 3.05) is 11.4 Å². The number of aryl methyl sites for hydroxylation is 1. The van der Waals surface area contributed by atoms with Crippen LogP contribution in [0.3, 0.4) is 0 Å². The number of hydrogen-bond donors (Lipinski definition) is 1. The molecule has 17 heavy (non-hydrogen) atoms. The number of anilines is 1. The molecule has 1 saturated carbocycles. The van der Waals surface area contributed by atoms with Crippen LogP contribution in [-0.2, 0) is 11.2 Å². The lowest BCUT2D eigenvalue weighted by Crippen LogP contribution is -2.48. The SMILES string of the molecule is NC1CC(C(=O)N2CCCc3ccccc32)C1. The Labute approximate surface area is 102 Å². The summed E-state index contributed by atoms with van der Waals surface area (Å²) in [5.74, 6) is 0.440. The molecule has 0 unspecified atom stereocenters. The monoisotopic (exact) mass is 230 g/mol. The Bertz CT molecular complexity index is 438. The molecule has 0 spiro atoms. The van der Waals surface area contributed by atoms with Gasteiger partial charge >= 0.3 is 0 Å². The van der Waals surface area contributed by atoms with E-state index in [0.29, 0.717) is 0 Å². The maximum atomic E-state index is 12.4. The zero-order valence-corrected chi connectivity index (χ0v) is 9.93. The molecule has 2 aliphatic rings. The van der Waals surface area contributed by atoms with E-state index in [1.807, 2.05) is 17.0 Å². The number of para-hydroxylation sites is 1. The topological polar surface area (TPSA) is 46.3 Å². The highest BCUT2D eigenvalue weighted by Crippen LogP contribution is 2.33. The van der Waals surface area contributed by atoms with E-state index in [1.165, 1.54) is 5.56 Å². The van der Waals surface area contributed by atoms with Crippen LogP contribution >= 0.6 is 0 Å². The molecule has 0 aromatic heterocycles. The average Bonchev–Trinajstić information content (AvgIpc) is 2.33. The number of amides is 1. The van der Waals surface area contributed by atoms with Gasteiger partial charge in [-0.05, 0) is 37.3 Å². The second-order valence-corrected chi connectivity index (χ2v) is 5.15. The van der Waals surface area contributed by atoms with Gasteiger partial charge in [0, 0.05) is 24.2 Å². The number of nitrogens with zero attached hydrogens (tertiary/aromatic N) is 1. The van der Waals surface area contributed by atoms with Gasteiger partial charge in [-0.25, -0.2) is 0 Å². The molecule has 1 aromatic carbocycles. The van der Waals surface area contributed by atoms with E-state index in [2.05, 4.69) is 12.1 Å². The molecule has 1 fully saturated rings. The Hall–Kier alpha value is -1.35. The van der Waals surface area contributed by atoms with Gasteiger partial charge in [0.25, 0.3) is 0 Å². The molecule has 3 heteroatoms. The van der Waals surface area contributed by atoms with Gasteiger partial charge in [-0.3, -0.25) is 4.79 Å². The first-order valence-electron chi connectivity index (χ1n) is 6.40. The minimum atomic E-state index is 0.163. The van der Waals surface area contributed by atoms with Gasteiger partial charge in [-0.2, -0.15) is 0 Å². The molecule has 3 nitrogen and oxygen atoms in total. The fourth-order valence-electron chi connectivity index (χ4n) is 2.85. The minimum Gasteiger partial charge on any atom is -0.328 e. The molecule has 1 aliphatic carbocycles. The van der Waals surface area contributed by atoms with Crippen molar-refractivity contribution in [3.05, 3.63) is 29.8 Å². The van der Waals surface area contributed by atoms with Crippen molar-refractivity contribution < 1.29 is 4.79 Å². The summed E-state index contributed by atoms with van der Waals surface area (Å²) >= 11 is 0. The smallest absolute Gasteiger partial charge is 0.230 e. The summed E-state index contributed by atoms with van der Waals surface area (Å²) in [6, 6.07) is 8.49. The quantitative estimate of drug-likeness (QED) is 0.798. The molecular weight excluding hydrogens is 212 g/mol. The van der Waals surface area contributed by atoms with Crippen LogP contribution in [-0.4, -0.2) is 18.5 Å². The normalized spacial score (nSPS) is 27.2. The highest BCUT2D eigenvalue weighted by molar-refractivity contribution is 5.96. The second kappa shape index (κ2) is 4.15. The standard InChI is InChI=1S/C14H18N2O/c15-12-8-11(9-12)14(17)16-7-3-5-10-4-1-2-6-13(10)16/h1-2,4,6,11-12H,3,5,7-9,15H2. The fraction of sp³-hybridized carbons (Fsp3) is 0.500. The summed E-state index contributed by atoms with van der Waals surface area (Å²) in [6.07, 6.45) is 3.88. The Morgan fingerprint density at radius 3 is 2.82 bits per heavy atom. The van der Waals surface area contributed by atoms with Crippen LogP contribution in [0.15, 0.2) is 24.3 Å². The van der Waals surface area contributed by atoms with Gasteiger partial charge in [-0.1, -0.05) is 18.2 Å². The van der Waals surface area contributed by atoms with Gasteiger partial charge in [-0.15, -0.1) is 0 Å². The largest absolute Gasteiger partial charge is 0.328 e. The predicted molar refractivity (Wildman–Crippen MR) is 67.8 cm³/mol. The van der Waals surface area contributed by atoms with Crippen molar-refractivity contribution in [2.24, 2.45) is 11.7 Å². The van der Waals surface area contributed by atoms with Gasteiger partial charge in [0.15, 0.2) is 0 Å². The Morgan fingerprint density at radius 2 is 2.06 bits per heavy atom. The van der Waals surface area contributed by atoms with E-state index < -0.39 is 0 Å². The van der Waals surface area contributed by atoms with Crippen molar-refractivity contribution in [2.45, 2.75) is 31.7 Å². The average molecular weight is 230 g/mol. The molecule has 1 amide bonds. The fourth-order valence-corrected chi connectivity index (χ4v) is 2.85. The zero-order chi connectivity index (χ0) is 11.8. The first-order chi connectivity index (χ1) is 8.25. The number of fused-ring (bicyclic) bond motifs is 1. The van der Waals surface area contributed by atoms with Crippen LogP contribution in [0.2, 0.25) is 0 Å². The molecule has 1 aliphatic heterocycles. The third-order valence-corrected chi connectivity index (χ3v) is 3.90. The van der Waals surface area contributed by atoms with Crippen LogP contribution in [0.25, 0.3) is 0 Å². The van der Waals surface area contributed by atoms with Crippen molar-refractivity contribution in [3.8, 4) is 0 Å². The lowest BCUT2D eigenvalue weighted by atomic mass is 9.79. The molecule has 3 rings (SSSR count). The predicted octanol–water partition coefficient (Wildman–Crippen LogP) is 1.70. The van der Waals surface area contributed by atoms with Gasteiger partial charge in [0.1, 0.15) is 0 Å². The van der Waals surface area contributed by atoms with Crippen LogP contribution in [0.5, 0.6) is 0 Å². The highest BCUT2D eigenvalue weighted by Gasteiger charge is 2.36. The minimum absolute atomic E-state index is 0.163. The van der Waals surface area contributed by atoms with E-state index in [1.54, 1.807) is 0 Å². The third-order valence-electron chi connectivity index (χ3n) is 3.90. The Kier molecular flexibility index (Phi) is 2.63. The molecule has 1 aromatic rings. The number of carbonyl (C=O) groups is 1. The van der Waals surface area contributed by atoms with E-state index >= 15 is 0 Å². The van der Waals surface area contributed by atoms with Gasteiger partial charge in [0.05, 0.1) is 0 Å². The van der Waals surface area contributed by atoms with Gasteiger partial charge in [0.2, 0.25) is 5.91 Å². The Balaban J connectivity index is 1.83. The zero-order valence-electron chi connectivity index (χ0n) is 9.93. The summed E-state index contributed by atoms with van der Waals surface area (Å²) in [4.78, 5) is 14.3. The third kappa shape index (κ3) is 1.84. The van der Waals surface area contributed by atoms with Gasteiger partial charge < -0.3 is 10.6 Å². The van der Waals surface area contributed by atoms with E-state index in [9.17, 15) is 4.79 Å². The molecule has 2 N–H and O–H groups in total. The molecular formula is C14H18N2O. The second-order valence-electron chi connectivity index (χ2n) is 5.15. The van der Waals surface area contributed by atoms with Crippen molar-refractivity contribution >= 4 is 11.6 Å². The van der Waals surface area contributed by atoms with Crippen LogP contribution < -0.4 is 10.6 Å². The highest BCUT2D eigenvalue weighted by atomic mass is 16.2. The summed E-state index contributed by atoms with van der Waals surface area (Å²) in [6.45, 7) is 0.863. The first kappa shape index (κ1) is 10.8. The number of benzene rings is 1. The molecule has 1 heterocycles. The molecule has 0 saturated heterocycles. The molecule has 0 bridgehead atoms. The maximum absolute atomic E-state index is 12.4. The number of hydrogen-bond acceptors (Lipinski definition) is 2. The van der Waals surface area contributed by atoms with Crippen LogP contribution in [0.4, 0.5) is 5.69 Å². The number of nitrogens with two attached hydrogens (primary N) is 1. The lowest BCUT2D eigenvalue weighted by molar-refractivity contribution is -0.125. The van der Waals surface area contributed by atoms with Crippen molar-refractivity contribution in [1.29, 1.82) is 0 Å². The van der Waals surface area contributed by atoms with Crippen molar-refractivity contribution in [3.63, 3.8) is 0 Å². The molecule has 0 radical (unpaired) electrons. The molecule has 0 atom stereocenters. The van der Waals surface area contributed by atoms with E-state index in [0.717, 1.165) is 37.9 Å². The van der Waals surface area contributed by atoms with E-state index in [-0.39, 0.29) is 17.9 Å². The summed E-state index contributed by atoms with van der Waals surface area (Å²) < 4.78 is 0. The first-order valence-corrected chi connectivity index (χ1v) is 6.40.